The van der Waals surface area contributed by atoms with E-state index >= 15 is 0 Å². The number of nitrogens with zero attached hydrogens (tertiary/aromatic N) is 1. The maximum atomic E-state index is 11.8. The molecule has 2 unspecified atom stereocenters. The van der Waals surface area contributed by atoms with Crippen molar-refractivity contribution in [1.29, 1.82) is 0 Å². The molecule has 82 valence electrons. The molecule has 0 radical (unpaired) electrons. The van der Waals surface area contributed by atoms with E-state index in [2.05, 4.69) is 0 Å². The fraction of sp³-hybridized carbons (Fsp3) is 0.900. The average molecular weight is 200 g/mol. The number of carbonyl (C=O) groups excluding carboxylic acids is 1. The molecule has 2 atom stereocenters. The number of ether oxygens (including phenoxy) is 1. The lowest BCUT2D eigenvalue weighted by molar-refractivity contribution is -0.139. The Labute approximate surface area is 85.4 Å². The molecular weight excluding hydrogens is 180 g/mol. The molecule has 1 rings (SSSR count). The lowest BCUT2D eigenvalue weighted by atomic mass is 10.1. The third kappa shape index (κ3) is 2.96. The first-order chi connectivity index (χ1) is 6.65. The van der Waals surface area contributed by atoms with Gasteiger partial charge in [-0.3, -0.25) is 4.79 Å². The Morgan fingerprint density at radius 3 is 3.00 bits per heavy atom. The van der Waals surface area contributed by atoms with Gasteiger partial charge in [-0.05, 0) is 13.3 Å². The summed E-state index contributed by atoms with van der Waals surface area (Å²) in [7, 11) is 0. The molecule has 4 nitrogen and oxygen atoms in total. The fourth-order valence-electron chi connectivity index (χ4n) is 1.69. The van der Waals surface area contributed by atoms with Gasteiger partial charge >= 0.3 is 0 Å². The maximum absolute atomic E-state index is 11.8. The SMILES string of the molecule is CCCC(N)C(=O)N1CCOC(C)C1. The molecule has 0 spiro atoms. The fourth-order valence-corrected chi connectivity index (χ4v) is 1.69. The Morgan fingerprint density at radius 2 is 2.43 bits per heavy atom. The number of hydrogen-bond donors (Lipinski definition) is 1. The van der Waals surface area contributed by atoms with Gasteiger partial charge in [0, 0.05) is 13.1 Å². The highest BCUT2D eigenvalue weighted by Gasteiger charge is 2.24. The van der Waals surface area contributed by atoms with E-state index < -0.39 is 0 Å². The second-order valence-electron chi connectivity index (χ2n) is 3.86. The van der Waals surface area contributed by atoms with Gasteiger partial charge in [0.1, 0.15) is 0 Å². The molecule has 1 heterocycles. The van der Waals surface area contributed by atoms with Crippen molar-refractivity contribution in [3.8, 4) is 0 Å². The zero-order valence-corrected chi connectivity index (χ0v) is 9.03. The predicted octanol–water partition coefficient (Wildman–Crippen LogP) is 0.361. The Morgan fingerprint density at radius 1 is 1.71 bits per heavy atom. The number of carbonyl (C=O) groups is 1. The second-order valence-corrected chi connectivity index (χ2v) is 3.86. The first kappa shape index (κ1) is 11.5. The summed E-state index contributed by atoms with van der Waals surface area (Å²) in [4.78, 5) is 13.6. The standard InChI is InChI=1S/C10H20N2O2/c1-3-4-9(11)10(13)12-5-6-14-8(2)7-12/h8-9H,3-7,11H2,1-2H3. The number of amides is 1. The lowest BCUT2D eigenvalue weighted by Crippen LogP contribution is -2.50. The minimum atomic E-state index is -0.328. The van der Waals surface area contributed by atoms with E-state index in [1.54, 1.807) is 0 Å². The molecule has 1 amide bonds. The molecule has 1 aliphatic rings. The summed E-state index contributed by atoms with van der Waals surface area (Å²) < 4.78 is 5.36. The maximum Gasteiger partial charge on any atom is 0.239 e. The Hall–Kier alpha value is -0.610. The molecule has 14 heavy (non-hydrogen) atoms. The zero-order chi connectivity index (χ0) is 10.6. The Balaban J connectivity index is 2.42. The van der Waals surface area contributed by atoms with Crippen molar-refractivity contribution < 1.29 is 9.53 Å². The average Bonchev–Trinajstić information content (AvgIpc) is 2.17. The Kier molecular flexibility index (Phi) is 4.35. The van der Waals surface area contributed by atoms with E-state index in [1.165, 1.54) is 0 Å². The predicted molar refractivity (Wildman–Crippen MR) is 54.9 cm³/mol. The van der Waals surface area contributed by atoms with Gasteiger partial charge in [-0.2, -0.15) is 0 Å². The molecule has 0 aromatic carbocycles. The van der Waals surface area contributed by atoms with E-state index in [0.29, 0.717) is 19.7 Å². The first-order valence-corrected chi connectivity index (χ1v) is 5.31. The van der Waals surface area contributed by atoms with Crippen molar-refractivity contribution in [3.63, 3.8) is 0 Å². The third-order valence-corrected chi connectivity index (χ3v) is 2.47. The monoisotopic (exact) mass is 200 g/mol. The zero-order valence-electron chi connectivity index (χ0n) is 9.03. The smallest absolute Gasteiger partial charge is 0.239 e. The molecule has 0 aromatic heterocycles. The molecule has 1 fully saturated rings. The summed E-state index contributed by atoms with van der Waals surface area (Å²) in [5.74, 6) is 0.0713. The van der Waals surface area contributed by atoms with Crippen molar-refractivity contribution in [1.82, 2.24) is 4.90 Å². The van der Waals surface area contributed by atoms with Gasteiger partial charge in [-0.1, -0.05) is 13.3 Å². The van der Waals surface area contributed by atoms with Crippen molar-refractivity contribution in [2.24, 2.45) is 5.73 Å². The van der Waals surface area contributed by atoms with Crippen LogP contribution in [0.1, 0.15) is 26.7 Å². The van der Waals surface area contributed by atoms with Crippen molar-refractivity contribution in [3.05, 3.63) is 0 Å². The van der Waals surface area contributed by atoms with Crippen LogP contribution in [0, 0.1) is 0 Å². The van der Waals surface area contributed by atoms with E-state index in [4.69, 9.17) is 10.5 Å². The molecule has 2 N–H and O–H groups in total. The van der Waals surface area contributed by atoms with Crippen LogP contribution in [-0.4, -0.2) is 42.6 Å². The van der Waals surface area contributed by atoms with Gasteiger partial charge < -0.3 is 15.4 Å². The number of hydrogen-bond acceptors (Lipinski definition) is 3. The Bertz CT molecular complexity index is 197. The topological polar surface area (TPSA) is 55.6 Å². The van der Waals surface area contributed by atoms with Crippen molar-refractivity contribution in [2.45, 2.75) is 38.8 Å². The first-order valence-electron chi connectivity index (χ1n) is 5.31. The number of rotatable bonds is 3. The van der Waals surface area contributed by atoms with Crippen LogP contribution in [0.5, 0.6) is 0 Å². The van der Waals surface area contributed by atoms with E-state index in [0.717, 1.165) is 12.8 Å². The summed E-state index contributed by atoms with van der Waals surface area (Å²) in [5.41, 5.74) is 5.77. The highest BCUT2D eigenvalue weighted by atomic mass is 16.5. The van der Waals surface area contributed by atoms with Crippen LogP contribution in [0.2, 0.25) is 0 Å². The molecule has 0 aliphatic carbocycles. The highest BCUT2D eigenvalue weighted by Crippen LogP contribution is 2.07. The number of morpholine rings is 1. The third-order valence-electron chi connectivity index (χ3n) is 2.47. The minimum absolute atomic E-state index is 0.0713. The van der Waals surface area contributed by atoms with Crippen LogP contribution >= 0.6 is 0 Å². The summed E-state index contributed by atoms with van der Waals surface area (Å²) in [6.07, 6.45) is 1.86. The quantitative estimate of drug-likeness (QED) is 0.715. The van der Waals surface area contributed by atoms with Gasteiger partial charge in [0.25, 0.3) is 0 Å². The largest absolute Gasteiger partial charge is 0.375 e. The van der Waals surface area contributed by atoms with Gasteiger partial charge in [0.2, 0.25) is 5.91 Å². The van der Waals surface area contributed by atoms with Crippen LogP contribution < -0.4 is 5.73 Å². The van der Waals surface area contributed by atoms with E-state index in [1.807, 2.05) is 18.7 Å². The molecule has 0 saturated carbocycles. The molecule has 0 aromatic rings. The molecule has 1 saturated heterocycles. The summed E-state index contributed by atoms with van der Waals surface area (Å²) in [5, 5.41) is 0. The van der Waals surface area contributed by atoms with Crippen LogP contribution in [0.3, 0.4) is 0 Å². The van der Waals surface area contributed by atoms with Crippen LogP contribution in [0.15, 0.2) is 0 Å². The molecular formula is C10H20N2O2. The van der Waals surface area contributed by atoms with Crippen molar-refractivity contribution >= 4 is 5.91 Å². The lowest BCUT2D eigenvalue weighted by Gasteiger charge is -2.32. The van der Waals surface area contributed by atoms with Gasteiger partial charge in [-0.15, -0.1) is 0 Å². The van der Waals surface area contributed by atoms with Gasteiger partial charge in [0.15, 0.2) is 0 Å². The second kappa shape index (κ2) is 5.32. The molecule has 4 heteroatoms. The van der Waals surface area contributed by atoms with Crippen molar-refractivity contribution in [2.75, 3.05) is 19.7 Å². The van der Waals surface area contributed by atoms with Crippen LogP contribution in [0.4, 0.5) is 0 Å². The van der Waals surface area contributed by atoms with Crippen LogP contribution in [-0.2, 0) is 9.53 Å². The van der Waals surface area contributed by atoms with Gasteiger partial charge in [-0.25, -0.2) is 0 Å². The molecule has 1 aliphatic heterocycles. The minimum Gasteiger partial charge on any atom is -0.375 e. The van der Waals surface area contributed by atoms with E-state index in [9.17, 15) is 4.79 Å². The van der Waals surface area contributed by atoms with Gasteiger partial charge in [0.05, 0.1) is 18.8 Å². The summed E-state index contributed by atoms with van der Waals surface area (Å²) in [6, 6.07) is -0.328. The summed E-state index contributed by atoms with van der Waals surface area (Å²) >= 11 is 0. The normalized spacial score (nSPS) is 24.8. The summed E-state index contributed by atoms with van der Waals surface area (Å²) in [6.45, 7) is 6.00. The highest BCUT2D eigenvalue weighted by molar-refractivity contribution is 5.81. The molecule has 0 bridgehead atoms. The number of nitrogens with two attached hydrogens (primary N) is 1. The van der Waals surface area contributed by atoms with Crippen LogP contribution in [0.25, 0.3) is 0 Å². The van der Waals surface area contributed by atoms with E-state index in [-0.39, 0.29) is 18.1 Å².